The van der Waals surface area contributed by atoms with Gasteiger partial charge < -0.3 is 15.1 Å². The third-order valence-electron chi connectivity index (χ3n) is 7.62. The molecule has 5 rings (SSSR count). The average molecular weight is 357 g/mol. The molecule has 0 radical (unpaired) electrons. The summed E-state index contributed by atoms with van der Waals surface area (Å²) in [5.41, 5.74) is 0.633. The molecule has 0 spiro atoms. The molecule has 4 aliphatic carbocycles. The number of amides is 1. The normalized spacial score (nSPS) is 38.1. The van der Waals surface area contributed by atoms with Gasteiger partial charge in [-0.1, -0.05) is 0 Å². The van der Waals surface area contributed by atoms with E-state index >= 15 is 0 Å². The highest BCUT2D eigenvalue weighted by Crippen LogP contribution is 2.61. The van der Waals surface area contributed by atoms with Gasteiger partial charge in [-0.25, -0.2) is 0 Å². The first-order valence-corrected chi connectivity index (χ1v) is 10.3. The Labute approximate surface area is 157 Å². The number of carbonyl (C=O) groups is 1. The number of hydrogen-bond acceptors (Lipinski definition) is 4. The van der Waals surface area contributed by atoms with Gasteiger partial charge in [-0.3, -0.25) is 4.79 Å². The number of nitrogens with zero attached hydrogens (tertiary/aromatic N) is 3. The molecule has 1 atom stereocenters. The second-order valence-corrected chi connectivity index (χ2v) is 9.43. The van der Waals surface area contributed by atoms with Gasteiger partial charge in [0.15, 0.2) is 0 Å². The smallest absolute Gasteiger partial charge is 0.266 e. The minimum Gasteiger partial charge on any atom is -0.387 e. The Morgan fingerprint density at radius 1 is 1.12 bits per heavy atom. The van der Waals surface area contributed by atoms with Crippen molar-refractivity contribution in [3.05, 3.63) is 11.8 Å². The molecule has 26 heavy (non-hydrogen) atoms. The van der Waals surface area contributed by atoms with Gasteiger partial charge in [0.2, 0.25) is 0 Å². The standard InChI is InChI=1S/C21H32N4O/c1-15(21-10-16-7-17(11-21)9-18(8-16)12-21)23-14-19(13-22)20(26)25-5-3-24(2)4-6-25/h14-18,23H,3-12H2,1-2H3/b19-14-. The largest absolute Gasteiger partial charge is 0.387 e. The summed E-state index contributed by atoms with van der Waals surface area (Å²) < 4.78 is 0. The molecule has 1 aliphatic heterocycles. The number of likely N-dealkylation sites (N-methyl/N-ethyl adjacent to an activating group) is 1. The highest BCUT2D eigenvalue weighted by Gasteiger charge is 2.53. The predicted molar refractivity (Wildman–Crippen MR) is 101 cm³/mol. The fourth-order valence-corrected chi connectivity index (χ4v) is 6.41. The number of hydrogen-bond donors (Lipinski definition) is 1. The minimum absolute atomic E-state index is 0.120. The molecule has 0 aromatic carbocycles. The second kappa shape index (κ2) is 6.88. The lowest BCUT2D eigenvalue weighted by molar-refractivity contribution is -0.128. The summed E-state index contributed by atoms with van der Waals surface area (Å²) in [6.07, 6.45) is 10.0. The fraction of sp³-hybridized carbons (Fsp3) is 0.810. The van der Waals surface area contributed by atoms with E-state index in [1.165, 1.54) is 38.5 Å². The Morgan fingerprint density at radius 2 is 1.65 bits per heavy atom. The maximum absolute atomic E-state index is 12.7. The van der Waals surface area contributed by atoms with Crippen LogP contribution >= 0.6 is 0 Å². The molecule has 0 aromatic heterocycles. The maximum Gasteiger partial charge on any atom is 0.266 e. The number of carbonyl (C=O) groups excluding carboxylic acids is 1. The SMILES string of the molecule is CC(N/C=C(/C#N)C(=O)N1CCN(C)CC1)C12CC3CC(CC(C3)C1)C2. The predicted octanol–water partition coefficient (Wildman–Crippen LogP) is 2.36. The summed E-state index contributed by atoms with van der Waals surface area (Å²) in [5.74, 6) is 2.62. The van der Waals surface area contributed by atoms with E-state index in [1.54, 1.807) is 6.20 Å². The molecule has 5 fully saturated rings. The zero-order chi connectivity index (χ0) is 18.3. The van der Waals surface area contributed by atoms with E-state index < -0.39 is 0 Å². The lowest BCUT2D eigenvalue weighted by atomic mass is 9.48. The van der Waals surface area contributed by atoms with Gasteiger partial charge in [-0.05, 0) is 75.7 Å². The summed E-state index contributed by atoms with van der Waals surface area (Å²) in [6.45, 7) is 5.43. The summed E-state index contributed by atoms with van der Waals surface area (Å²) >= 11 is 0. The quantitative estimate of drug-likeness (QED) is 0.621. The first-order valence-electron chi connectivity index (χ1n) is 10.3. The molecule has 1 unspecified atom stereocenters. The Bertz CT molecular complexity index is 591. The summed E-state index contributed by atoms with van der Waals surface area (Å²) in [4.78, 5) is 16.7. The number of nitrogens with one attached hydrogen (secondary N) is 1. The van der Waals surface area contributed by atoms with E-state index in [2.05, 4.69) is 30.3 Å². The number of piperazine rings is 1. The van der Waals surface area contributed by atoms with Crippen LogP contribution in [0.15, 0.2) is 11.8 Å². The Hall–Kier alpha value is -1.54. The zero-order valence-electron chi connectivity index (χ0n) is 16.2. The summed E-state index contributed by atoms with van der Waals surface area (Å²) in [6, 6.07) is 2.47. The van der Waals surface area contributed by atoms with Gasteiger partial charge in [0.05, 0.1) is 0 Å². The average Bonchev–Trinajstić information content (AvgIpc) is 2.61. The molecular weight excluding hydrogens is 324 g/mol. The van der Waals surface area contributed by atoms with Crippen molar-refractivity contribution in [3.8, 4) is 6.07 Å². The van der Waals surface area contributed by atoms with E-state index in [0.29, 0.717) is 24.5 Å². The molecule has 5 heteroatoms. The third kappa shape index (κ3) is 3.24. The van der Waals surface area contributed by atoms with Crippen LogP contribution in [0.4, 0.5) is 0 Å². The van der Waals surface area contributed by atoms with Crippen molar-refractivity contribution >= 4 is 5.91 Å². The van der Waals surface area contributed by atoms with Gasteiger partial charge in [-0.2, -0.15) is 5.26 Å². The lowest BCUT2D eigenvalue weighted by Gasteiger charge is -2.59. The molecular formula is C21H32N4O. The fourth-order valence-electron chi connectivity index (χ4n) is 6.41. The van der Waals surface area contributed by atoms with E-state index in [4.69, 9.17) is 0 Å². The molecule has 5 nitrogen and oxygen atoms in total. The maximum atomic E-state index is 12.7. The van der Waals surface area contributed by atoms with Crippen molar-refractivity contribution in [3.63, 3.8) is 0 Å². The van der Waals surface area contributed by atoms with Crippen molar-refractivity contribution < 1.29 is 4.79 Å². The van der Waals surface area contributed by atoms with Crippen LogP contribution in [0.1, 0.15) is 45.4 Å². The van der Waals surface area contributed by atoms with E-state index in [1.807, 2.05) is 4.90 Å². The second-order valence-electron chi connectivity index (χ2n) is 9.43. The van der Waals surface area contributed by atoms with Crippen molar-refractivity contribution in [1.29, 1.82) is 5.26 Å². The van der Waals surface area contributed by atoms with Crippen LogP contribution in [-0.4, -0.2) is 55.0 Å². The van der Waals surface area contributed by atoms with Crippen LogP contribution in [0.3, 0.4) is 0 Å². The summed E-state index contributed by atoms with van der Waals surface area (Å²) in [5, 5.41) is 13.0. The van der Waals surface area contributed by atoms with Gasteiger partial charge >= 0.3 is 0 Å². The Balaban J connectivity index is 1.41. The third-order valence-corrected chi connectivity index (χ3v) is 7.62. The highest BCUT2D eigenvalue weighted by molar-refractivity contribution is 5.97. The van der Waals surface area contributed by atoms with Crippen LogP contribution in [0.5, 0.6) is 0 Å². The van der Waals surface area contributed by atoms with Gasteiger partial charge in [-0.15, -0.1) is 0 Å². The zero-order valence-corrected chi connectivity index (χ0v) is 16.2. The Kier molecular flexibility index (Phi) is 4.73. The van der Waals surface area contributed by atoms with Gasteiger partial charge in [0.25, 0.3) is 5.91 Å². The van der Waals surface area contributed by atoms with E-state index in [-0.39, 0.29) is 11.5 Å². The lowest BCUT2D eigenvalue weighted by Crippen LogP contribution is -2.54. The summed E-state index contributed by atoms with van der Waals surface area (Å²) in [7, 11) is 2.07. The first kappa shape index (κ1) is 17.9. The molecule has 1 heterocycles. The number of nitriles is 1. The van der Waals surface area contributed by atoms with Crippen molar-refractivity contribution in [1.82, 2.24) is 15.1 Å². The molecule has 1 N–H and O–H groups in total. The van der Waals surface area contributed by atoms with Crippen molar-refractivity contribution in [2.24, 2.45) is 23.2 Å². The molecule has 1 saturated heterocycles. The van der Waals surface area contributed by atoms with Crippen molar-refractivity contribution in [2.45, 2.75) is 51.5 Å². The number of rotatable bonds is 4. The monoisotopic (exact) mass is 356 g/mol. The van der Waals surface area contributed by atoms with Gasteiger partial charge in [0.1, 0.15) is 11.6 Å². The molecule has 5 aliphatic rings. The molecule has 1 amide bonds. The van der Waals surface area contributed by atoms with Crippen LogP contribution < -0.4 is 5.32 Å². The van der Waals surface area contributed by atoms with E-state index in [0.717, 1.165) is 30.8 Å². The van der Waals surface area contributed by atoms with E-state index in [9.17, 15) is 10.1 Å². The van der Waals surface area contributed by atoms with Crippen LogP contribution in [0.25, 0.3) is 0 Å². The molecule has 0 aromatic rings. The topological polar surface area (TPSA) is 59.4 Å². The molecule has 4 saturated carbocycles. The van der Waals surface area contributed by atoms with Crippen LogP contribution in [0, 0.1) is 34.5 Å². The van der Waals surface area contributed by atoms with Crippen LogP contribution in [-0.2, 0) is 4.79 Å². The van der Waals surface area contributed by atoms with Crippen molar-refractivity contribution in [2.75, 3.05) is 33.2 Å². The van der Waals surface area contributed by atoms with Gasteiger partial charge in [0, 0.05) is 38.4 Å². The highest BCUT2D eigenvalue weighted by atomic mass is 16.2. The minimum atomic E-state index is -0.120. The first-order chi connectivity index (χ1) is 12.5. The Morgan fingerprint density at radius 3 is 2.15 bits per heavy atom. The van der Waals surface area contributed by atoms with Crippen LogP contribution in [0.2, 0.25) is 0 Å². The molecule has 4 bridgehead atoms. The molecule has 142 valence electrons.